The standard InChI is InChI=1S/C31H34N2O4/c1-23-9-11-26(12-10-23)21-33(20-25-7-5-4-6-8-25)22-27-14-16-29(37-27)31(34)32-18-17-24-13-15-28(35-2)30(19-24)36-3/h4-16,19H,17-18,20-22H2,1-3H3,(H,32,34). The topological polar surface area (TPSA) is 63.9 Å². The first-order chi connectivity index (χ1) is 18.0. The van der Waals surface area contributed by atoms with E-state index in [2.05, 4.69) is 65.7 Å². The van der Waals surface area contributed by atoms with Crippen molar-refractivity contribution < 1.29 is 18.7 Å². The summed E-state index contributed by atoms with van der Waals surface area (Å²) < 4.78 is 16.6. The minimum Gasteiger partial charge on any atom is -0.493 e. The number of aryl methyl sites for hydroxylation is 1. The lowest BCUT2D eigenvalue weighted by atomic mass is 10.1. The summed E-state index contributed by atoms with van der Waals surface area (Å²) in [6.07, 6.45) is 0.668. The van der Waals surface area contributed by atoms with Gasteiger partial charge in [0.2, 0.25) is 0 Å². The van der Waals surface area contributed by atoms with Crippen LogP contribution >= 0.6 is 0 Å². The van der Waals surface area contributed by atoms with Gasteiger partial charge in [-0.25, -0.2) is 0 Å². The number of amides is 1. The van der Waals surface area contributed by atoms with Crippen molar-refractivity contribution in [1.82, 2.24) is 10.2 Å². The SMILES string of the molecule is COc1ccc(CCNC(=O)c2ccc(CN(Cc3ccccc3)Cc3ccc(C)cc3)o2)cc1OC. The van der Waals surface area contributed by atoms with Gasteiger partial charge in [-0.1, -0.05) is 66.2 Å². The molecule has 1 heterocycles. The molecule has 6 nitrogen and oxygen atoms in total. The predicted octanol–water partition coefficient (Wildman–Crippen LogP) is 5.78. The quantitative estimate of drug-likeness (QED) is 0.268. The monoisotopic (exact) mass is 498 g/mol. The molecule has 3 aromatic carbocycles. The molecule has 1 N–H and O–H groups in total. The van der Waals surface area contributed by atoms with Gasteiger partial charge in [-0.05, 0) is 54.3 Å². The largest absolute Gasteiger partial charge is 0.493 e. The lowest BCUT2D eigenvalue weighted by Gasteiger charge is -2.21. The van der Waals surface area contributed by atoms with Crippen LogP contribution in [-0.2, 0) is 26.1 Å². The van der Waals surface area contributed by atoms with Crippen molar-refractivity contribution in [3.8, 4) is 11.5 Å². The van der Waals surface area contributed by atoms with Gasteiger partial charge in [0, 0.05) is 19.6 Å². The van der Waals surface area contributed by atoms with Crippen molar-refractivity contribution in [2.24, 2.45) is 0 Å². The fourth-order valence-electron chi connectivity index (χ4n) is 4.21. The molecule has 0 fully saturated rings. The molecule has 0 aliphatic heterocycles. The molecule has 1 aromatic heterocycles. The molecule has 192 valence electrons. The normalized spacial score (nSPS) is 10.9. The van der Waals surface area contributed by atoms with Gasteiger partial charge in [0.1, 0.15) is 5.76 Å². The first-order valence-corrected chi connectivity index (χ1v) is 12.4. The Morgan fingerprint density at radius 1 is 0.784 bits per heavy atom. The van der Waals surface area contributed by atoms with Gasteiger partial charge in [0.25, 0.3) is 5.91 Å². The van der Waals surface area contributed by atoms with Crippen LogP contribution in [0.3, 0.4) is 0 Å². The van der Waals surface area contributed by atoms with E-state index in [0.717, 1.165) is 24.4 Å². The highest BCUT2D eigenvalue weighted by Gasteiger charge is 2.15. The molecular formula is C31H34N2O4. The van der Waals surface area contributed by atoms with Crippen LogP contribution in [0.4, 0.5) is 0 Å². The minimum atomic E-state index is -0.222. The summed E-state index contributed by atoms with van der Waals surface area (Å²) in [5.41, 5.74) is 4.76. The number of hydrogen-bond donors (Lipinski definition) is 1. The van der Waals surface area contributed by atoms with E-state index in [1.807, 2.05) is 30.3 Å². The Morgan fingerprint density at radius 3 is 2.16 bits per heavy atom. The summed E-state index contributed by atoms with van der Waals surface area (Å²) in [4.78, 5) is 15.0. The van der Waals surface area contributed by atoms with Crippen molar-refractivity contribution in [1.29, 1.82) is 0 Å². The molecule has 4 aromatic rings. The molecule has 4 rings (SSSR count). The molecule has 0 bridgehead atoms. The number of methoxy groups -OCH3 is 2. The zero-order chi connectivity index (χ0) is 26.0. The first kappa shape index (κ1) is 26.0. The summed E-state index contributed by atoms with van der Waals surface area (Å²) in [5, 5.41) is 2.95. The molecule has 0 atom stereocenters. The number of benzene rings is 3. The Kier molecular flexibility index (Phi) is 9.00. The van der Waals surface area contributed by atoms with Crippen molar-refractivity contribution in [2.45, 2.75) is 33.0 Å². The molecule has 0 saturated carbocycles. The van der Waals surface area contributed by atoms with Crippen molar-refractivity contribution >= 4 is 5.91 Å². The van der Waals surface area contributed by atoms with E-state index in [4.69, 9.17) is 13.9 Å². The van der Waals surface area contributed by atoms with E-state index in [1.165, 1.54) is 16.7 Å². The van der Waals surface area contributed by atoms with Crippen LogP contribution in [0.1, 0.15) is 38.6 Å². The van der Waals surface area contributed by atoms with Gasteiger partial charge in [0.05, 0.1) is 20.8 Å². The molecule has 0 radical (unpaired) electrons. The van der Waals surface area contributed by atoms with E-state index in [0.29, 0.717) is 36.8 Å². The molecule has 0 saturated heterocycles. The minimum absolute atomic E-state index is 0.222. The summed E-state index contributed by atoms with van der Waals surface area (Å²) in [6.45, 7) is 4.74. The second kappa shape index (κ2) is 12.8. The molecular weight excluding hydrogens is 464 g/mol. The maximum atomic E-state index is 12.7. The van der Waals surface area contributed by atoms with E-state index in [-0.39, 0.29) is 5.91 Å². The second-order valence-electron chi connectivity index (χ2n) is 9.08. The van der Waals surface area contributed by atoms with Gasteiger partial charge in [0.15, 0.2) is 17.3 Å². The van der Waals surface area contributed by atoms with E-state index >= 15 is 0 Å². The van der Waals surface area contributed by atoms with Crippen LogP contribution in [0.5, 0.6) is 11.5 Å². The van der Waals surface area contributed by atoms with Gasteiger partial charge in [-0.3, -0.25) is 9.69 Å². The van der Waals surface area contributed by atoms with Gasteiger partial charge >= 0.3 is 0 Å². The Bertz CT molecular complexity index is 1280. The molecule has 37 heavy (non-hydrogen) atoms. The third kappa shape index (κ3) is 7.48. The number of ether oxygens (including phenoxy) is 2. The van der Waals surface area contributed by atoms with Crippen molar-refractivity contribution in [3.63, 3.8) is 0 Å². The average molecular weight is 499 g/mol. The van der Waals surface area contributed by atoms with Crippen LogP contribution in [0.2, 0.25) is 0 Å². The summed E-state index contributed by atoms with van der Waals surface area (Å²) in [5.74, 6) is 2.21. The van der Waals surface area contributed by atoms with E-state index < -0.39 is 0 Å². The summed E-state index contributed by atoms with van der Waals surface area (Å²) >= 11 is 0. The van der Waals surface area contributed by atoms with Crippen LogP contribution in [0.25, 0.3) is 0 Å². The number of nitrogens with one attached hydrogen (secondary N) is 1. The van der Waals surface area contributed by atoms with Gasteiger partial charge in [-0.15, -0.1) is 0 Å². The smallest absolute Gasteiger partial charge is 0.287 e. The number of rotatable bonds is 12. The van der Waals surface area contributed by atoms with E-state index in [1.54, 1.807) is 20.3 Å². The highest BCUT2D eigenvalue weighted by Crippen LogP contribution is 2.27. The first-order valence-electron chi connectivity index (χ1n) is 12.4. The zero-order valence-electron chi connectivity index (χ0n) is 21.7. The number of carbonyl (C=O) groups is 1. The second-order valence-corrected chi connectivity index (χ2v) is 9.08. The Hall–Kier alpha value is -4.03. The fraction of sp³-hybridized carbons (Fsp3) is 0.258. The Labute approximate surface area is 218 Å². The molecule has 1 amide bonds. The maximum absolute atomic E-state index is 12.7. The average Bonchev–Trinajstić information content (AvgIpc) is 3.39. The Morgan fingerprint density at radius 2 is 1.46 bits per heavy atom. The number of carbonyl (C=O) groups excluding carboxylic acids is 1. The molecule has 6 heteroatoms. The predicted molar refractivity (Wildman–Crippen MR) is 145 cm³/mol. The maximum Gasteiger partial charge on any atom is 0.287 e. The van der Waals surface area contributed by atoms with Gasteiger partial charge < -0.3 is 19.2 Å². The Balaban J connectivity index is 1.36. The lowest BCUT2D eigenvalue weighted by Crippen LogP contribution is -2.25. The third-order valence-electron chi connectivity index (χ3n) is 6.19. The fourth-order valence-corrected chi connectivity index (χ4v) is 4.21. The zero-order valence-corrected chi connectivity index (χ0v) is 21.7. The highest BCUT2D eigenvalue weighted by molar-refractivity contribution is 5.91. The van der Waals surface area contributed by atoms with Crippen LogP contribution < -0.4 is 14.8 Å². The molecule has 0 spiro atoms. The van der Waals surface area contributed by atoms with Crippen LogP contribution in [0, 0.1) is 6.92 Å². The third-order valence-corrected chi connectivity index (χ3v) is 6.19. The van der Waals surface area contributed by atoms with Crippen LogP contribution in [-0.4, -0.2) is 31.6 Å². The molecule has 0 aliphatic carbocycles. The lowest BCUT2D eigenvalue weighted by molar-refractivity contribution is 0.0922. The summed E-state index contributed by atoms with van der Waals surface area (Å²) in [6, 6.07) is 28.4. The van der Waals surface area contributed by atoms with E-state index in [9.17, 15) is 4.79 Å². The molecule has 0 unspecified atom stereocenters. The number of hydrogen-bond acceptors (Lipinski definition) is 5. The van der Waals surface area contributed by atoms with Crippen molar-refractivity contribution in [3.05, 3.63) is 119 Å². The highest BCUT2D eigenvalue weighted by atomic mass is 16.5. The van der Waals surface area contributed by atoms with Crippen LogP contribution in [0.15, 0.2) is 89.3 Å². The summed E-state index contributed by atoms with van der Waals surface area (Å²) in [7, 11) is 3.22. The number of furan rings is 1. The van der Waals surface area contributed by atoms with Gasteiger partial charge in [-0.2, -0.15) is 0 Å². The molecule has 0 aliphatic rings. The number of nitrogens with zero attached hydrogens (tertiary/aromatic N) is 1. The van der Waals surface area contributed by atoms with Crippen molar-refractivity contribution in [2.75, 3.05) is 20.8 Å².